The second-order valence-corrected chi connectivity index (χ2v) is 3.42. The third kappa shape index (κ3) is 1.37. The summed E-state index contributed by atoms with van der Waals surface area (Å²) in [7, 11) is 1.29. The standard InChI is InChI=1S/C8H6BrN3O2/c1-14-8(13)7-10-4-6-5(9)2-3-12(6)11-7/h2-4H,1H3. The van der Waals surface area contributed by atoms with Crippen molar-refractivity contribution in [1.82, 2.24) is 14.6 Å². The van der Waals surface area contributed by atoms with Crippen molar-refractivity contribution in [2.75, 3.05) is 7.11 Å². The van der Waals surface area contributed by atoms with E-state index < -0.39 is 5.97 Å². The number of carbonyl (C=O) groups is 1. The summed E-state index contributed by atoms with van der Waals surface area (Å²) in [5, 5.41) is 3.97. The highest BCUT2D eigenvalue weighted by Crippen LogP contribution is 2.16. The van der Waals surface area contributed by atoms with Gasteiger partial charge in [-0.05, 0) is 22.0 Å². The van der Waals surface area contributed by atoms with Crippen LogP contribution in [0, 0.1) is 0 Å². The van der Waals surface area contributed by atoms with Crippen LogP contribution in [0.3, 0.4) is 0 Å². The molecule has 0 radical (unpaired) electrons. The van der Waals surface area contributed by atoms with E-state index in [-0.39, 0.29) is 5.82 Å². The summed E-state index contributed by atoms with van der Waals surface area (Å²) in [5.74, 6) is -0.500. The zero-order valence-corrected chi connectivity index (χ0v) is 8.85. The Balaban J connectivity index is 2.57. The van der Waals surface area contributed by atoms with Gasteiger partial charge in [-0.2, -0.15) is 0 Å². The Labute approximate surface area is 87.8 Å². The van der Waals surface area contributed by atoms with E-state index in [4.69, 9.17) is 0 Å². The second kappa shape index (κ2) is 3.38. The Morgan fingerprint density at radius 2 is 2.43 bits per heavy atom. The first-order chi connectivity index (χ1) is 6.72. The number of hydrogen-bond donors (Lipinski definition) is 0. The molecule has 0 amide bonds. The summed E-state index contributed by atoms with van der Waals surface area (Å²) in [6, 6.07) is 1.82. The summed E-state index contributed by atoms with van der Waals surface area (Å²) in [4.78, 5) is 15.0. The monoisotopic (exact) mass is 255 g/mol. The van der Waals surface area contributed by atoms with Gasteiger partial charge in [0.2, 0.25) is 0 Å². The third-order valence-electron chi connectivity index (χ3n) is 1.73. The number of methoxy groups -OCH3 is 1. The molecule has 0 aromatic carbocycles. The highest BCUT2D eigenvalue weighted by Gasteiger charge is 2.10. The van der Waals surface area contributed by atoms with Crippen molar-refractivity contribution in [1.29, 1.82) is 0 Å². The van der Waals surface area contributed by atoms with E-state index >= 15 is 0 Å². The zero-order valence-electron chi connectivity index (χ0n) is 7.27. The first-order valence-electron chi connectivity index (χ1n) is 3.80. The number of rotatable bonds is 1. The van der Waals surface area contributed by atoms with Gasteiger partial charge in [-0.15, -0.1) is 5.10 Å². The summed E-state index contributed by atoms with van der Waals surface area (Å²) in [6.45, 7) is 0. The fourth-order valence-corrected chi connectivity index (χ4v) is 1.46. The van der Waals surface area contributed by atoms with Crippen molar-refractivity contribution in [3.8, 4) is 0 Å². The Morgan fingerprint density at radius 3 is 3.14 bits per heavy atom. The van der Waals surface area contributed by atoms with Gasteiger partial charge in [0.1, 0.15) is 0 Å². The van der Waals surface area contributed by atoms with Crippen molar-refractivity contribution < 1.29 is 9.53 Å². The molecule has 0 bridgehead atoms. The van der Waals surface area contributed by atoms with E-state index in [2.05, 4.69) is 30.7 Å². The second-order valence-electron chi connectivity index (χ2n) is 2.57. The van der Waals surface area contributed by atoms with Crippen molar-refractivity contribution in [3.05, 3.63) is 28.8 Å². The van der Waals surface area contributed by atoms with E-state index in [1.54, 1.807) is 16.9 Å². The van der Waals surface area contributed by atoms with Gasteiger partial charge in [0.15, 0.2) is 0 Å². The smallest absolute Gasteiger partial charge is 0.377 e. The van der Waals surface area contributed by atoms with Crippen LogP contribution >= 0.6 is 15.9 Å². The molecule has 0 saturated heterocycles. The highest BCUT2D eigenvalue weighted by molar-refractivity contribution is 9.10. The number of carbonyl (C=O) groups excluding carboxylic acids is 1. The lowest BCUT2D eigenvalue weighted by Gasteiger charge is -1.98. The van der Waals surface area contributed by atoms with Gasteiger partial charge in [-0.1, -0.05) is 0 Å². The number of fused-ring (bicyclic) bond motifs is 1. The molecule has 6 heteroatoms. The molecule has 14 heavy (non-hydrogen) atoms. The van der Waals surface area contributed by atoms with Crippen molar-refractivity contribution in [2.24, 2.45) is 0 Å². The lowest BCUT2D eigenvalue weighted by Crippen LogP contribution is -2.09. The lowest BCUT2D eigenvalue weighted by atomic mass is 10.5. The van der Waals surface area contributed by atoms with Crippen LogP contribution in [0.1, 0.15) is 10.6 Å². The molecule has 5 nitrogen and oxygen atoms in total. The normalized spacial score (nSPS) is 10.4. The third-order valence-corrected chi connectivity index (χ3v) is 2.40. The zero-order chi connectivity index (χ0) is 10.1. The van der Waals surface area contributed by atoms with Crippen LogP contribution in [0.25, 0.3) is 5.52 Å². The summed E-state index contributed by atoms with van der Waals surface area (Å²) in [6.07, 6.45) is 3.29. The molecule has 0 unspecified atom stereocenters. The predicted molar refractivity (Wildman–Crippen MR) is 52.0 cm³/mol. The van der Waals surface area contributed by atoms with Crippen LogP contribution in [0.15, 0.2) is 22.9 Å². The molecule has 2 heterocycles. The Kier molecular flexibility index (Phi) is 2.20. The van der Waals surface area contributed by atoms with E-state index in [0.29, 0.717) is 0 Å². The first-order valence-corrected chi connectivity index (χ1v) is 4.60. The molecule has 72 valence electrons. The van der Waals surface area contributed by atoms with Gasteiger partial charge < -0.3 is 4.74 Å². The highest BCUT2D eigenvalue weighted by atomic mass is 79.9. The van der Waals surface area contributed by atoms with Crippen LogP contribution in [0.4, 0.5) is 0 Å². The van der Waals surface area contributed by atoms with Crippen LogP contribution in [-0.2, 0) is 4.74 Å². The first kappa shape index (κ1) is 9.14. The molecule has 0 aliphatic heterocycles. The molecule has 0 aliphatic rings. The fourth-order valence-electron chi connectivity index (χ4n) is 1.05. The number of aromatic nitrogens is 3. The number of nitrogens with zero attached hydrogens (tertiary/aromatic N) is 3. The van der Waals surface area contributed by atoms with E-state index in [1.807, 2.05) is 6.07 Å². The molecule has 0 saturated carbocycles. The maximum absolute atomic E-state index is 11.1. The molecule has 2 aromatic rings. The Bertz CT molecular complexity index is 494. The summed E-state index contributed by atoms with van der Waals surface area (Å²) in [5.41, 5.74) is 0.803. The maximum Gasteiger partial charge on any atom is 0.377 e. The van der Waals surface area contributed by atoms with Crippen molar-refractivity contribution in [2.45, 2.75) is 0 Å². The van der Waals surface area contributed by atoms with E-state index in [9.17, 15) is 4.79 Å². The summed E-state index contributed by atoms with van der Waals surface area (Å²) >= 11 is 3.33. The van der Waals surface area contributed by atoms with Gasteiger partial charge >= 0.3 is 5.97 Å². The van der Waals surface area contributed by atoms with Gasteiger partial charge in [0, 0.05) is 10.7 Å². The molecular formula is C8H6BrN3O2. The van der Waals surface area contributed by atoms with Crippen LogP contribution in [-0.4, -0.2) is 27.7 Å². The molecule has 0 aliphatic carbocycles. The van der Waals surface area contributed by atoms with E-state index in [0.717, 1.165) is 9.99 Å². The molecule has 0 atom stereocenters. The van der Waals surface area contributed by atoms with Gasteiger partial charge in [0.05, 0.1) is 18.8 Å². The molecule has 0 spiro atoms. The van der Waals surface area contributed by atoms with Crippen LogP contribution in [0.2, 0.25) is 0 Å². The average molecular weight is 256 g/mol. The number of halogens is 1. The summed E-state index contributed by atoms with van der Waals surface area (Å²) < 4.78 is 6.95. The minimum Gasteiger partial charge on any atom is -0.463 e. The van der Waals surface area contributed by atoms with Crippen molar-refractivity contribution >= 4 is 27.4 Å². The molecule has 2 aromatic heterocycles. The topological polar surface area (TPSA) is 56.5 Å². The number of hydrogen-bond acceptors (Lipinski definition) is 4. The minimum atomic E-state index is -0.545. The Morgan fingerprint density at radius 1 is 1.64 bits per heavy atom. The van der Waals surface area contributed by atoms with Gasteiger partial charge in [-0.3, -0.25) is 0 Å². The van der Waals surface area contributed by atoms with E-state index in [1.165, 1.54) is 7.11 Å². The van der Waals surface area contributed by atoms with Gasteiger partial charge in [0.25, 0.3) is 5.82 Å². The predicted octanol–water partition coefficient (Wildman–Crippen LogP) is 1.28. The largest absolute Gasteiger partial charge is 0.463 e. The molecule has 2 rings (SSSR count). The maximum atomic E-state index is 11.1. The number of esters is 1. The van der Waals surface area contributed by atoms with Crippen LogP contribution in [0.5, 0.6) is 0 Å². The average Bonchev–Trinajstić information content (AvgIpc) is 2.59. The van der Waals surface area contributed by atoms with Crippen molar-refractivity contribution in [3.63, 3.8) is 0 Å². The van der Waals surface area contributed by atoms with Crippen LogP contribution < -0.4 is 0 Å². The quantitative estimate of drug-likeness (QED) is 0.721. The molecule has 0 N–H and O–H groups in total. The Hall–Kier alpha value is -1.43. The molecule has 0 fully saturated rings. The SMILES string of the molecule is COC(=O)c1ncc2c(Br)ccn2n1. The molecular weight excluding hydrogens is 250 g/mol. The lowest BCUT2D eigenvalue weighted by molar-refractivity contribution is 0.0584. The number of ether oxygens (including phenoxy) is 1. The minimum absolute atomic E-state index is 0.0445. The van der Waals surface area contributed by atoms with Gasteiger partial charge in [-0.25, -0.2) is 14.3 Å². The fraction of sp³-hybridized carbons (Fsp3) is 0.125.